The topological polar surface area (TPSA) is 84.3 Å². The van der Waals surface area contributed by atoms with Crippen molar-refractivity contribution in [2.45, 2.75) is 13.3 Å². The highest BCUT2D eigenvalue weighted by Gasteiger charge is 2.19. The first-order valence-electron chi connectivity index (χ1n) is 5.80. The molecule has 0 spiro atoms. The third kappa shape index (κ3) is 2.24. The molecule has 2 aromatic rings. The lowest BCUT2D eigenvalue weighted by molar-refractivity contribution is 0.0694. The molecular formula is C13H14N2O4. The van der Waals surface area contributed by atoms with Crippen molar-refractivity contribution >= 4 is 5.97 Å². The Morgan fingerprint density at radius 2 is 2.00 bits per heavy atom. The van der Waals surface area contributed by atoms with Crippen molar-refractivity contribution in [1.82, 2.24) is 9.78 Å². The van der Waals surface area contributed by atoms with Crippen molar-refractivity contribution in [3.63, 3.8) is 0 Å². The number of nitrogens with one attached hydrogen (secondary N) is 1. The second-order valence-corrected chi connectivity index (χ2v) is 3.96. The van der Waals surface area contributed by atoms with Gasteiger partial charge in [0.05, 0.1) is 18.5 Å². The molecule has 1 aromatic carbocycles. The maximum absolute atomic E-state index is 12.1. The molecule has 0 aliphatic carbocycles. The molecule has 0 saturated heterocycles. The van der Waals surface area contributed by atoms with Gasteiger partial charge in [0.25, 0.3) is 5.56 Å². The zero-order chi connectivity index (χ0) is 14.0. The Morgan fingerprint density at radius 3 is 2.42 bits per heavy atom. The minimum absolute atomic E-state index is 0.210. The number of hydrogen-bond acceptors (Lipinski definition) is 3. The van der Waals surface area contributed by atoms with Crippen LogP contribution in [0.5, 0.6) is 5.75 Å². The highest BCUT2D eigenvalue weighted by atomic mass is 16.5. The van der Waals surface area contributed by atoms with Crippen molar-refractivity contribution < 1.29 is 14.6 Å². The summed E-state index contributed by atoms with van der Waals surface area (Å²) >= 11 is 0. The van der Waals surface area contributed by atoms with Gasteiger partial charge in [-0.3, -0.25) is 9.89 Å². The molecule has 19 heavy (non-hydrogen) atoms. The lowest BCUT2D eigenvalue weighted by Gasteiger charge is -2.03. The van der Waals surface area contributed by atoms with Crippen LogP contribution in [0.25, 0.3) is 5.69 Å². The monoisotopic (exact) mass is 262 g/mol. The van der Waals surface area contributed by atoms with Crippen LogP contribution < -0.4 is 10.3 Å². The van der Waals surface area contributed by atoms with Gasteiger partial charge in [0, 0.05) is 0 Å². The number of carbonyl (C=O) groups is 1. The minimum Gasteiger partial charge on any atom is -0.497 e. The van der Waals surface area contributed by atoms with E-state index in [2.05, 4.69) is 5.10 Å². The van der Waals surface area contributed by atoms with Crippen LogP contribution in [0.2, 0.25) is 0 Å². The summed E-state index contributed by atoms with van der Waals surface area (Å²) in [5.41, 5.74) is 0.203. The van der Waals surface area contributed by atoms with E-state index in [9.17, 15) is 9.59 Å². The van der Waals surface area contributed by atoms with Crippen molar-refractivity contribution in [1.29, 1.82) is 0 Å². The Kier molecular flexibility index (Phi) is 3.41. The maximum Gasteiger partial charge on any atom is 0.343 e. The smallest absolute Gasteiger partial charge is 0.343 e. The summed E-state index contributed by atoms with van der Waals surface area (Å²) in [5.74, 6) is -0.553. The van der Waals surface area contributed by atoms with E-state index in [-0.39, 0.29) is 5.56 Å². The number of hydrogen-bond donors (Lipinski definition) is 2. The molecule has 2 N–H and O–H groups in total. The van der Waals surface area contributed by atoms with Crippen molar-refractivity contribution in [2.75, 3.05) is 7.11 Å². The molecule has 1 aromatic heterocycles. The quantitative estimate of drug-likeness (QED) is 0.873. The summed E-state index contributed by atoms with van der Waals surface area (Å²) in [6, 6.07) is 6.77. The molecule has 1 heterocycles. The van der Waals surface area contributed by atoms with Crippen molar-refractivity contribution in [3.05, 3.63) is 45.9 Å². The first kappa shape index (κ1) is 12.9. The van der Waals surface area contributed by atoms with Gasteiger partial charge in [0.2, 0.25) is 0 Å². The maximum atomic E-state index is 12.1. The van der Waals surface area contributed by atoms with Gasteiger partial charge in [-0.05, 0) is 30.7 Å². The van der Waals surface area contributed by atoms with Gasteiger partial charge in [-0.1, -0.05) is 6.92 Å². The Morgan fingerprint density at radius 1 is 1.37 bits per heavy atom. The molecule has 0 atom stereocenters. The van der Waals surface area contributed by atoms with Gasteiger partial charge in [-0.2, -0.15) is 0 Å². The molecule has 0 aliphatic rings. The van der Waals surface area contributed by atoms with Gasteiger partial charge in [0.1, 0.15) is 11.3 Å². The third-order valence-corrected chi connectivity index (χ3v) is 2.86. The summed E-state index contributed by atoms with van der Waals surface area (Å²) in [6.07, 6.45) is 0.444. The predicted molar refractivity (Wildman–Crippen MR) is 69.3 cm³/mol. The number of carboxylic acids is 1. The van der Waals surface area contributed by atoms with Gasteiger partial charge in [0.15, 0.2) is 0 Å². The first-order valence-corrected chi connectivity index (χ1v) is 5.80. The molecule has 0 aliphatic heterocycles. The Hall–Kier alpha value is -2.50. The largest absolute Gasteiger partial charge is 0.497 e. The molecule has 2 rings (SSSR count). The van der Waals surface area contributed by atoms with Crippen LogP contribution in [-0.4, -0.2) is 28.0 Å². The number of nitrogens with zero attached hydrogens (tertiary/aromatic N) is 1. The minimum atomic E-state index is -1.22. The molecule has 0 bridgehead atoms. The number of benzene rings is 1. The lowest BCUT2D eigenvalue weighted by Crippen LogP contribution is -2.20. The summed E-state index contributed by atoms with van der Waals surface area (Å²) in [6.45, 7) is 1.79. The molecule has 100 valence electrons. The SMILES string of the molecule is CCc1[nH]n(-c2ccc(OC)cc2)c(=O)c1C(=O)O. The summed E-state index contributed by atoms with van der Waals surface area (Å²) in [4.78, 5) is 23.2. The molecule has 0 fully saturated rings. The molecular weight excluding hydrogens is 248 g/mol. The van der Waals surface area contributed by atoms with E-state index in [1.807, 2.05) is 0 Å². The number of H-pyrrole nitrogens is 1. The van der Waals surface area contributed by atoms with Gasteiger partial charge in [-0.25, -0.2) is 9.48 Å². The van der Waals surface area contributed by atoms with Crippen LogP contribution in [0.15, 0.2) is 29.1 Å². The molecule has 6 heteroatoms. The molecule has 0 amide bonds. The number of aryl methyl sites for hydroxylation is 1. The fraction of sp³-hybridized carbons (Fsp3) is 0.231. The number of carboxylic acid groups (broad SMARTS) is 1. The number of rotatable bonds is 4. The van der Waals surface area contributed by atoms with E-state index in [4.69, 9.17) is 9.84 Å². The van der Waals surface area contributed by atoms with Gasteiger partial charge in [-0.15, -0.1) is 0 Å². The highest BCUT2D eigenvalue weighted by Crippen LogP contribution is 2.14. The molecule has 0 radical (unpaired) electrons. The van der Waals surface area contributed by atoms with E-state index < -0.39 is 11.5 Å². The number of aromatic carboxylic acids is 1. The zero-order valence-corrected chi connectivity index (χ0v) is 10.6. The second-order valence-electron chi connectivity index (χ2n) is 3.96. The fourth-order valence-corrected chi connectivity index (χ4v) is 1.87. The Balaban J connectivity index is 2.56. The molecule has 0 unspecified atom stereocenters. The number of aromatic nitrogens is 2. The van der Waals surface area contributed by atoms with Gasteiger partial charge >= 0.3 is 5.97 Å². The Labute approximate surface area is 109 Å². The van der Waals surface area contributed by atoms with Crippen molar-refractivity contribution in [3.8, 4) is 11.4 Å². The Bertz CT molecular complexity index is 652. The van der Waals surface area contributed by atoms with Crippen LogP contribution in [0.4, 0.5) is 0 Å². The van der Waals surface area contributed by atoms with Crippen LogP contribution in [0, 0.1) is 0 Å². The molecule has 0 saturated carbocycles. The molecule has 6 nitrogen and oxygen atoms in total. The summed E-state index contributed by atoms with van der Waals surface area (Å²) in [5, 5.41) is 11.9. The third-order valence-electron chi connectivity index (χ3n) is 2.86. The average Bonchev–Trinajstić information content (AvgIpc) is 2.76. The van der Waals surface area contributed by atoms with E-state index in [0.29, 0.717) is 23.6 Å². The van der Waals surface area contributed by atoms with Crippen LogP contribution in [0.3, 0.4) is 0 Å². The van der Waals surface area contributed by atoms with Crippen molar-refractivity contribution in [2.24, 2.45) is 0 Å². The number of methoxy groups -OCH3 is 1. The lowest BCUT2D eigenvalue weighted by atomic mass is 10.2. The number of ether oxygens (including phenoxy) is 1. The number of aromatic amines is 1. The fourth-order valence-electron chi connectivity index (χ4n) is 1.87. The van der Waals surface area contributed by atoms with E-state index in [1.165, 1.54) is 4.68 Å². The zero-order valence-electron chi connectivity index (χ0n) is 10.6. The summed E-state index contributed by atoms with van der Waals surface area (Å²) < 4.78 is 6.26. The van der Waals surface area contributed by atoms with Gasteiger partial charge < -0.3 is 9.84 Å². The standard InChI is InChI=1S/C13H14N2O4/c1-3-10-11(13(17)18)12(16)15(14-10)8-4-6-9(19-2)7-5-8/h4-7,14H,3H2,1-2H3,(H,17,18). The summed E-state index contributed by atoms with van der Waals surface area (Å²) in [7, 11) is 1.55. The normalized spacial score (nSPS) is 10.4. The highest BCUT2D eigenvalue weighted by molar-refractivity contribution is 5.88. The van der Waals surface area contributed by atoms with Crippen LogP contribution >= 0.6 is 0 Å². The first-order chi connectivity index (χ1) is 9.08. The predicted octanol–water partition coefficient (Wildman–Crippen LogP) is 1.43. The van der Waals surface area contributed by atoms with E-state index >= 15 is 0 Å². The van der Waals surface area contributed by atoms with Crippen LogP contribution in [-0.2, 0) is 6.42 Å². The second kappa shape index (κ2) is 5.01. The van der Waals surface area contributed by atoms with E-state index in [0.717, 1.165) is 0 Å². The van der Waals surface area contributed by atoms with E-state index in [1.54, 1.807) is 38.3 Å². The average molecular weight is 262 g/mol. The van der Waals surface area contributed by atoms with Crippen LogP contribution in [0.1, 0.15) is 23.0 Å².